The van der Waals surface area contributed by atoms with E-state index in [1.165, 1.54) is 12.1 Å². The molecular formula is C14H16F3NO2. The van der Waals surface area contributed by atoms with E-state index in [-0.39, 0.29) is 18.6 Å². The molecule has 0 heterocycles. The van der Waals surface area contributed by atoms with Gasteiger partial charge in [-0.05, 0) is 44.0 Å². The van der Waals surface area contributed by atoms with E-state index in [4.69, 9.17) is 4.74 Å². The molecule has 1 fully saturated rings. The SMILES string of the molecule is CCOC(=O)CN(c1ccc(C(F)(F)F)cc1)C1CC1. The third-order valence-electron chi connectivity index (χ3n) is 3.12. The number of hydrogen-bond donors (Lipinski definition) is 0. The fourth-order valence-corrected chi connectivity index (χ4v) is 2.01. The Kier molecular flexibility index (Phi) is 4.20. The van der Waals surface area contributed by atoms with E-state index in [1.807, 2.05) is 0 Å². The zero-order valence-electron chi connectivity index (χ0n) is 11.1. The largest absolute Gasteiger partial charge is 0.465 e. The molecule has 0 bridgehead atoms. The summed E-state index contributed by atoms with van der Waals surface area (Å²) in [5.41, 5.74) is -0.0679. The molecule has 0 radical (unpaired) electrons. The maximum Gasteiger partial charge on any atom is 0.416 e. The van der Waals surface area contributed by atoms with Gasteiger partial charge in [-0.25, -0.2) is 0 Å². The fourth-order valence-electron chi connectivity index (χ4n) is 2.01. The van der Waals surface area contributed by atoms with Gasteiger partial charge in [-0.15, -0.1) is 0 Å². The Hall–Kier alpha value is -1.72. The molecule has 1 aliphatic rings. The first-order valence-corrected chi connectivity index (χ1v) is 6.51. The molecule has 0 N–H and O–H groups in total. The summed E-state index contributed by atoms with van der Waals surface area (Å²) in [6.45, 7) is 2.09. The average Bonchev–Trinajstić information content (AvgIpc) is 3.20. The van der Waals surface area contributed by atoms with Gasteiger partial charge in [0, 0.05) is 11.7 Å². The fraction of sp³-hybridized carbons (Fsp3) is 0.500. The number of anilines is 1. The molecule has 1 saturated carbocycles. The number of esters is 1. The van der Waals surface area contributed by atoms with Gasteiger partial charge in [0.2, 0.25) is 0 Å². The molecule has 0 atom stereocenters. The number of rotatable bonds is 5. The van der Waals surface area contributed by atoms with Crippen LogP contribution in [-0.4, -0.2) is 25.2 Å². The zero-order valence-corrected chi connectivity index (χ0v) is 11.1. The van der Waals surface area contributed by atoms with E-state index >= 15 is 0 Å². The van der Waals surface area contributed by atoms with E-state index in [1.54, 1.807) is 11.8 Å². The normalized spacial score (nSPS) is 15.0. The lowest BCUT2D eigenvalue weighted by molar-refractivity contribution is -0.141. The Morgan fingerprint density at radius 2 is 1.90 bits per heavy atom. The molecule has 0 spiro atoms. The van der Waals surface area contributed by atoms with Crippen LogP contribution in [0.25, 0.3) is 0 Å². The van der Waals surface area contributed by atoms with Crippen LogP contribution in [-0.2, 0) is 15.7 Å². The maximum atomic E-state index is 12.5. The van der Waals surface area contributed by atoms with E-state index < -0.39 is 11.7 Å². The van der Waals surface area contributed by atoms with Gasteiger partial charge >= 0.3 is 12.1 Å². The number of alkyl halides is 3. The lowest BCUT2D eigenvalue weighted by Gasteiger charge is -2.24. The van der Waals surface area contributed by atoms with Crippen LogP contribution in [0.4, 0.5) is 18.9 Å². The monoisotopic (exact) mass is 287 g/mol. The molecule has 0 aliphatic heterocycles. The van der Waals surface area contributed by atoms with Crippen molar-refractivity contribution in [1.29, 1.82) is 0 Å². The Morgan fingerprint density at radius 3 is 2.35 bits per heavy atom. The topological polar surface area (TPSA) is 29.5 Å². The molecule has 1 aliphatic carbocycles. The Bertz CT molecular complexity index is 466. The van der Waals surface area contributed by atoms with E-state index in [2.05, 4.69) is 0 Å². The summed E-state index contributed by atoms with van der Waals surface area (Å²) in [6.07, 6.45) is -2.45. The van der Waals surface area contributed by atoms with Gasteiger partial charge in [0.1, 0.15) is 6.54 Å². The average molecular weight is 287 g/mol. The number of nitrogens with zero attached hydrogens (tertiary/aromatic N) is 1. The third kappa shape index (κ3) is 3.65. The minimum atomic E-state index is -4.34. The molecule has 1 aromatic carbocycles. The molecule has 2 rings (SSSR count). The highest BCUT2D eigenvalue weighted by Gasteiger charge is 2.33. The van der Waals surface area contributed by atoms with Crippen LogP contribution in [0.1, 0.15) is 25.3 Å². The van der Waals surface area contributed by atoms with Crippen LogP contribution in [0.3, 0.4) is 0 Å². The lowest BCUT2D eigenvalue weighted by Crippen LogP contribution is -2.32. The second-order valence-corrected chi connectivity index (χ2v) is 4.71. The second kappa shape index (κ2) is 5.73. The van der Waals surface area contributed by atoms with Crippen molar-refractivity contribution in [2.75, 3.05) is 18.1 Å². The summed E-state index contributed by atoms with van der Waals surface area (Å²) in [7, 11) is 0. The number of benzene rings is 1. The van der Waals surface area contributed by atoms with E-state index in [0.29, 0.717) is 12.3 Å². The van der Waals surface area contributed by atoms with Crippen LogP contribution in [0.5, 0.6) is 0 Å². The number of carbonyl (C=O) groups is 1. The van der Waals surface area contributed by atoms with Gasteiger partial charge in [-0.3, -0.25) is 4.79 Å². The van der Waals surface area contributed by atoms with E-state index in [0.717, 1.165) is 25.0 Å². The molecule has 20 heavy (non-hydrogen) atoms. The minimum absolute atomic E-state index is 0.0733. The number of ether oxygens (including phenoxy) is 1. The summed E-state index contributed by atoms with van der Waals surface area (Å²) in [6, 6.07) is 5.10. The van der Waals surface area contributed by atoms with Gasteiger partial charge in [-0.1, -0.05) is 0 Å². The van der Waals surface area contributed by atoms with Gasteiger partial charge in [0.05, 0.1) is 12.2 Å². The first kappa shape index (κ1) is 14.7. The first-order chi connectivity index (χ1) is 9.41. The van der Waals surface area contributed by atoms with E-state index in [9.17, 15) is 18.0 Å². The molecule has 110 valence electrons. The predicted octanol–water partition coefficient (Wildman–Crippen LogP) is 3.24. The summed E-state index contributed by atoms with van der Waals surface area (Å²) >= 11 is 0. The van der Waals surface area contributed by atoms with Crippen molar-refractivity contribution in [3.05, 3.63) is 29.8 Å². The summed E-state index contributed by atoms with van der Waals surface area (Å²) < 4.78 is 42.4. The molecule has 1 aromatic rings. The summed E-state index contributed by atoms with van der Waals surface area (Å²) in [4.78, 5) is 13.3. The highest BCUT2D eigenvalue weighted by molar-refractivity contribution is 5.76. The highest BCUT2D eigenvalue weighted by atomic mass is 19.4. The van der Waals surface area contributed by atoms with Crippen molar-refractivity contribution >= 4 is 11.7 Å². The standard InChI is InChI=1S/C14H16F3NO2/c1-2-20-13(19)9-18(12-7-8-12)11-5-3-10(4-6-11)14(15,16)17/h3-6,12H,2,7-9H2,1H3. The van der Waals surface area contributed by atoms with Gasteiger partial charge < -0.3 is 9.64 Å². The van der Waals surface area contributed by atoms with Crippen molar-refractivity contribution in [2.45, 2.75) is 32.0 Å². The molecule has 6 heteroatoms. The zero-order chi connectivity index (χ0) is 14.8. The smallest absolute Gasteiger partial charge is 0.416 e. The quantitative estimate of drug-likeness (QED) is 0.779. The molecule has 0 saturated heterocycles. The maximum absolute atomic E-state index is 12.5. The van der Waals surface area contributed by atoms with Gasteiger partial charge in [-0.2, -0.15) is 13.2 Å². The molecule has 0 amide bonds. The van der Waals surface area contributed by atoms with Crippen LogP contribution in [0.15, 0.2) is 24.3 Å². The number of hydrogen-bond acceptors (Lipinski definition) is 3. The number of carbonyl (C=O) groups excluding carboxylic acids is 1. The Labute approximate surface area is 115 Å². The van der Waals surface area contributed by atoms with Crippen molar-refractivity contribution < 1.29 is 22.7 Å². The molecule has 3 nitrogen and oxygen atoms in total. The highest BCUT2D eigenvalue weighted by Crippen LogP contribution is 2.34. The lowest BCUT2D eigenvalue weighted by atomic mass is 10.2. The number of halogens is 3. The van der Waals surface area contributed by atoms with Crippen molar-refractivity contribution in [3.63, 3.8) is 0 Å². The third-order valence-corrected chi connectivity index (χ3v) is 3.12. The van der Waals surface area contributed by atoms with Crippen molar-refractivity contribution in [3.8, 4) is 0 Å². The summed E-state index contributed by atoms with van der Waals surface area (Å²) in [5.74, 6) is -0.362. The second-order valence-electron chi connectivity index (χ2n) is 4.71. The van der Waals surface area contributed by atoms with Crippen LogP contribution < -0.4 is 4.90 Å². The van der Waals surface area contributed by atoms with Crippen LogP contribution in [0.2, 0.25) is 0 Å². The predicted molar refractivity (Wildman–Crippen MR) is 68.4 cm³/mol. The Balaban J connectivity index is 2.11. The van der Waals surface area contributed by atoms with Gasteiger partial charge in [0.15, 0.2) is 0 Å². The minimum Gasteiger partial charge on any atom is -0.465 e. The van der Waals surface area contributed by atoms with Gasteiger partial charge in [0.25, 0.3) is 0 Å². The summed E-state index contributed by atoms with van der Waals surface area (Å²) in [5, 5.41) is 0. The van der Waals surface area contributed by atoms with Crippen LogP contribution >= 0.6 is 0 Å². The van der Waals surface area contributed by atoms with Crippen molar-refractivity contribution in [1.82, 2.24) is 0 Å². The first-order valence-electron chi connectivity index (χ1n) is 6.51. The Morgan fingerprint density at radius 1 is 1.30 bits per heavy atom. The molecule has 0 unspecified atom stereocenters. The molecule has 0 aromatic heterocycles. The van der Waals surface area contributed by atoms with Crippen molar-refractivity contribution in [2.24, 2.45) is 0 Å². The van der Waals surface area contributed by atoms with Crippen LogP contribution in [0, 0.1) is 0 Å². The molecular weight excluding hydrogens is 271 g/mol.